The third-order valence-corrected chi connectivity index (χ3v) is 3.19. The molecule has 0 unspecified atom stereocenters. The number of hydrogen-bond donors (Lipinski definition) is 1. The van der Waals surface area contributed by atoms with Crippen LogP contribution in [-0.2, 0) is 4.74 Å². The molecule has 1 aromatic rings. The molecule has 3 nitrogen and oxygen atoms in total. The molecular formula is C12H14Cl2FNO2. The van der Waals surface area contributed by atoms with Gasteiger partial charge in [-0.3, -0.25) is 0 Å². The maximum atomic E-state index is 13.1. The SMILES string of the molecule is CC1(C)COC(=O)N[C@H]1c1ccc(F)c(Cl)c1.Cl. The summed E-state index contributed by atoms with van der Waals surface area (Å²) in [5.74, 6) is -0.466. The summed E-state index contributed by atoms with van der Waals surface area (Å²) >= 11 is 5.74. The maximum Gasteiger partial charge on any atom is 0.407 e. The Morgan fingerprint density at radius 2 is 2.17 bits per heavy atom. The van der Waals surface area contributed by atoms with Crippen LogP contribution in [0.2, 0.25) is 5.02 Å². The molecule has 1 aromatic carbocycles. The van der Waals surface area contributed by atoms with Crippen molar-refractivity contribution < 1.29 is 13.9 Å². The molecule has 1 aliphatic rings. The van der Waals surface area contributed by atoms with Crippen molar-refractivity contribution in [3.8, 4) is 0 Å². The molecule has 1 aliphatic heterocycles. The van der Waals surface area contributed by atoms with Crippen LogP contribution in [0.5, 0.6) is 0 Å². The van der Waals surface area contributed by atoms with E-state index in [1.54, 1.807) is 6.07 Å². The highest BCUT2D eigenvalue weighted by Gasteiger charge is 2.37. The zero-order chi connectivity index (χ0) is 12.6. The summed E-state index contributed by atoms with van der Waals surface area (Å²) in [6.07, 6.45) is -0.463. The lowest BCUT2D eigenvalue weighted by Gasteiger charge is -2.38. The summed E-state index contributed by atoms with van der Waals surface area (Å²) in [4.78, 5) is 11.2. The number of nitrogens with one attached hydrogen (secondary N) is 1. The second kappa shape index (κ2) is 5.33. The number of ether oxygens (including phenoxy) is 1. The molecule has 100 valence electrons. The second-order valence-electron chi connectivity index (χ2n) is 4.82. The van der Waals surface area contributed by atoms with Crippen LogP contribution >= 0.6 is 24.0 Å². The van der Waals surface area contributed by atoms with Gasteiger partial charge in [0.2, 0.25) is 0 Å². The zero-order valence-corrected chi connectivity index (χ0v) is 11.6. The van der Waals surface area contributed by atoms with Gasteiger partial charge < -0.3 is 10.1 Å². The molecule has 1 atom stereocenters. The van der Waals surface area contributed by atoms with E-state index in [0.717, 1.165) is 5.56 Å². The van der Waals surface area contributed by atoms with Crippen LogP contribution in [0.4, 0.5) is 9.18 Å². The maximum absolute atomic E-state index is 13.1. The zero-order valence-electron chi connectivity index (χ0n) is 10.00. The molecule has 1 saturated heterocycles. The van der Waals surface area contributed by atoms with Crippen molar-refractivity contribution in [2.24, 2.45) is 5.41 Å². The molecule has 0 radical (unpaired) electrons. The largest absolute Gasteiger partial charge is 0.449 e. The van der Waals surface area contributed by atoms with Crippen molar-refractivity contribution >= 4 is 30.1 Å². The van der Waals surface area contributed by atoms with E-state index in [9.17, 15) is 9.18 Å². The molecule has 0 aromatic heterocycles. The first-order valence-corrected chi connectivity index (χ1v) is 5.66. The van der Waals surface area contributed by atoms with Crippen molar-refractivity contribution in [1.29, 1.82) is 0 Å². The Balaban J connectivity index is 0.00000162. The molecule has 1 N–H and O–H groups in total. The van der Waals surface area contributed by atoms with Crippen molar-refractivity contribution in [3.63, 3.8) is 0 Å². The lowest BCUT2D eigenvalue weighted by Crippen LogP contribution is -2.46. The normalized spacial score (nSPS) is 21.6. The third kappa shape index (κ3) is 2.87. The lowest BCUT2D eigenvalue weighted by atomic mass is 9.80. The van der Waals surface area contributed by atoms with Crippen LogP contribution in [0.1, 0.15) is 25.5 Å². The Labute approximate surface area is 116 Å². The van der Waals surface area contributed by atoms with Gasteiger partial charge in [-0.2, -0.15) is 0 Å². The van der Waals surface area contributed by atoms with E-state index < -0.39 is 11.9 Å². The Bertz CT molecular complexity index is 465. The van der Waals surface area contributed by atoms with E-state index in [-0.39, 0.29) is 28.9 Å². The Hall–Kier alpha value is -1.00. The fraction of sp³-hybridized carbons (Fsp3) is 0.417. The fourth-order valence-corrected chi connectivity index (χ4v) is 2.11. The number of alkyl carbamates (subject to hydrolysis) is 1. The number of hydrogen-bond acceptors (Lipinski definition) is 2. The van der Waals surface area contributed by atoms with Crippen molar-refractivity contribution in [1.82, 2.24) is 5.32 Å². The number of carbonyl (C=O) groups excluding carboxylic acids is 1. The van der Waals surface area contributed by atoms with Gasteiger partial charge in [0.15, 0.2) is 0 Å². The number of amides is 1. The molecular weight excluding hydrogens is 280 g/mol. The first-order chi connectivity index (χ1) is 7.90. The molecule has 0 saturated carbocycles. The first kappa shape index (κ1) is 15.1. The minimum Gasteiger partial charge on any atom is -0.449 e. The van der Waals surface area contributed by atoms with Crippen LogP contribution in [0.15, 0.2) is 18.2 Å². The van der Waals surface area contributed by atoms with Crippen molar-refractivity contribution in [2.45, 2.75) is 19.9 Å². The molecule has 0 spiro atoms. The summed E-state index contributed by atoms with van der Waals surface area (Å²) in [6.45, 7) is 4.25. The van der Waals surface area contributed by atoms with Gasteiger partial charge in [-0.05, 0) is 17.7 Å². The number of benzene rings is 1. The molecule has 1 fully saturated rings. The van der Waals surface area contributed by atoms with Crippen LogP contribution in [0.3, 0.4) is 0 Å². The Morgan fingerprint density at radius 3 is 2.78 bits per heavy atom. The third-order valence-electron chi connectivity index (χ3n) is 2.90. The summed E-state index contributed by atoms with van der Waals surface area (Å²) in [5.41, 5.74) is 0.507. The topological polar surface area (TPSA) is 38.3 Å². The summed E-state index contributed by atoms with van der Waals surface area (Å²) < 4.78 is 18.0. The van der Waals surface area contributed by atoms with Crippen LogP contribution in [0.25, 0.3) is 0 Å². The van der Waals surface area contributed by atoms with Gasteiger partial charge in [0.25, 0.3) is 0 Å². The molecule has 1 amide bonds. The van der Waals surface area contributed by atoms with Crippen molar-refractivity contribution in [3.05, 3.63) is 34.6 Å². The molecule has 18 heavy (non-hydrogen) atoms. The van der Waals surface area contributed by atoms with Crippen LogP contribution < -0.4 is 5.32 Å². The fourth-order valence-electron chi connectivity index (χ4n) is 1.92. The van der Waals surface area contributed by atoms with Crippen LogP contribution in [0, 0.1) is 11.2 Å². The highest BCUT2D eigenvalue weighted by molar-refractivity contribution is 6.30. The van der Waals surface area contributed by atoms with E-state index in [0.29, 0.717) is 6.61 Å². The molecule has 1 heterocycles. The van der Waals surface area contributed by atoms with Gasteiger partial charge in [-0.15, -0.1) is 12.4 Å². The van der Waals surface area contributed by atoms with Crippen molar-refractivity contribution in [2.75, 3.05) is 6.61 Å². The summed E-state index contributed by atoms with van der Waals surface area (Å²) in [6, 6.07) is 4.23. The average molecular weight is 294 g/mol. The monoisotopic (exact) mass is 293 g/mol. The first-order valence-electron chi connectivity index (χ1n) is 5.28. The summed E-state index contributed by atoms with van der Waals surface area (Å²) in [7, 11) is 0. The second-order valence-corrected chi connectivity index (χ2v) is 5.22. The summed E-state index contributed by atoms with van der Waals surface area (Å²) in [5, 5.41) is 2.78. The highest BCUT2D eigenvalue weighted by Crippen LogP contribution is 2.37. The van der Waals surface area contributed by atoms with Gasteiger partial charge in [0.05, 0.1) is 11.1 Å². The minimum absolute atomic E-state index is 0. The molecule has 0 bridgehead atoms. The lowest BCUT2D eigenvalue weighted by molar-refractivity contribution is 0.0387. The van der Waals surface area contributed by atoms with Gasteiger partial charge in [-0.25, -0.2) is 9.18 Å². The van der Waals surface area contributed by atoms with E-state index >= 15 is 0 Å². The van der Waals surface area contributed by atoms with Gasteiger partial charge >= 0.3 is 6.09 Å². The number of rotatable bonds is 1. The highest BCUT2D eigenvalue weighted by atomic mass is 35.5. The van der Waals surface area contributed by atoms with Crippen LogP contribution in [-0.4, -0.2) is 12.7 Å². The molecule has 0 aliphatic carbocycles. The van der Waals surface area contributed by atoms with E-state index in [4.69, 9.17) is 16.3 Å². The predicted molar refractivity (Wildman–Crippen MR) is 69.7 cm³/mol. The van der Waals surface area contributed by atoms with E-state index in [1.165, 1.54) is 12.1 Å². The standard InChI is InChI=1S/C12H13ClFNO2.ClH/c1-12(2)6-17-11(16)15-10(12)7-3-4-9(14)8(13)5-7;/h3-5,10H,6H2,1-2H3,(H,15,16);1H/t10-;/m0./s1. The Morgan fingerprint density at radius 1 is 1.50 bits per heavy atom. The predicted octanol–water partition coefficient (Wildman–Crippen LogP) is 3.71. The Kier molecular flexibility index (Phi) is 4.46. The smallest absolute Gasteiger partial charge is 0.407 e. The molecule has 6 heteroatoms. The van der Waals surface area contributed by atoms with E-state index in [2.05, 4.69) is 5.32 Å². The van der Waals surface area contributed by atoms with Gasteiger partial charge in [-0.1, -0.05) is 31.5 Å². The average Bonchev–Trinajstić information content (AvgIpc) is 2.26. The van der Waals surface area contributed by atoms with E-state index in [1.807, 2.05) is 13.8 Å². The minimum atomic E-state index is -0.466. The number of cyclic esters (lactones) is 1. The van der Waals surface area contributed by atoms with Gasteiger partial charge in [0, 0.05) is 5.41 Å². The van der Waals surface area contributed by atoms with Gasteiger partial charge in [0.1, 0.15) is 12.4 Å². The molecule has 2 rings (SSSR count). The number of halogens is 3. The quantitative estimate of drug-likeness (QED) is 0.857. The number of carbonyl (C=O) groups is 1.